The Morgan fingerprint density at radius 2 is 0.857 bits per heavy atom. The molecule has 4 nitrogen and oxygen atoms in total. The summed E-state index contributed by atoms with van der Waals surface area (Å²) in [6, 6.07) is 1.78. The maximum Gasteiger partial charge on any atom is 0.292 e. The molecule has 0 saturated carbocycles. The molecule has 0 aliphatic heterocycles. The number of rotatable bonds is 13. The zero-order valence-electron chi connectivity index (χ0n) is 20.2. The van der Waals surface area contributed by atoms with Gasteiger partial charge in [0.05, 0.1) is 0 Å². The Bertz CT molecular complexity index is 427. The van der Waals surface area contributed by atoms with Gasteiger partial charge in [0, 0.05) is 12.8 Å². The van der Waals surface area contributed by atoms with Gasteiger partial charge < -0.3 is 8.85 Å². The molecule has 0 aromatic carbocycles. The van der Waals surface area contributed by atoms with Crippen LogP contribution in [0.5, 0.6) is 0 Å². The summed E-state index contributed by atoms with van der Waals surface area (Å²) in [5, 5.41) is 0. The summed E-state index contributed by atoms with van der Waals surface area (Å²) in [7, 11) is -4.66. The van der Waals surface area contributed by atoms with E-state index in [4.69, 9.17) is 8.85 Å². The lowest BCUT2D eigenvalue weighted by Gasteiger charge is -2.43. The molecule has 0 rings (SSSR count). The second-order valence-corrected chi connectivity index (χ2v) is 19.3. The van der Waals surface area contributed by atoms with Crippen molar-refractivity contribution in [2.45, 2.75) is 129 Å². The lowest BCUT2D eigenvalue weighted by atomic mass is 10.4. The van der Waals surface area contributed by atoms with Gasteiger partial charge >= 0.3 is 0 Å². The molecule has 6 heteroatoms. The average Bonchev–Trinajstić information content (AvgIpc) is 2.56. The minimum atomic E-state index is -2.33. The molecule has 0 aliphatic carbocycles. The van der Waals surface area contributed by atoms with Gasteiger partial charge in [-0.25, -0.2) is 0 Å². The smallest absolute Gasteiger partial charge is 0.292 e. The summed E-state index contributed by atoms with van der Waals surface area (Å²) in [4.78, 5) is 24.9. The first kappa shape index (κ1) is 27.4. The van der Waals surface area contributed by atoms with Crippen molar-refractivity contribution in [1.29, 1.82) is 0 Å². The highest BCUT2D eigenvalue weighted by molar-refractivity contribution is 6.82. The standard InChI is InChI=1S/C22H46O4Si2/c1-11-13-21(23)25-27(17(3)4,18(5)6)15-16-28(19(7)8,20(9)10)26-22(24)14-12-2/h17-20H,11-16H2,1-10H3. The molecule has 0 radical (unpaired) electrons. The van der Waals surface area contributed by atoms with Gasteiger partial charge in [-0.1, -0.05) is 69.2 Å². The van der Waals surface area contributed by atoms with E-state index in [1.165, 1.54) is 0 Å². The van der Waals surface area contributed by atoms with E-state index in [0.29, 0.717) is 35.0 Å². The molecule has 0 unspecified atom stereocenters. The van der Waals surface area contributed by atoms with E-state index in [2.05, 4.69) is 55.4 Å². The molecule has 0 amide bonds. The third kappa shape index (κ3) is 7.01. The summed E-state index contributed by atoms with van der Waals surface area (Å²) >= 11 is 0. The Hall–Kier alpha value is -0.626. The third-order valence-corrected chi connectivity index (χ3v) is 17.9. The van der Waals surface area contributed by atoms with E-state index in [1.54, 1.807) is 0 Å². The number of hydrogen-bond acceptors (Lipinski definition) is 4. The van der Waals surface area contributed by atoms with E-state index in [1.807, 2.05) is 13.8 Å². The van der Waals surface area contributed by atoms with Gasteiger partial charge in [-0.3, -0.25) is 9.59 Å². The predicted molar refractivity (Wildman–Crippen MR) is 124 cm³/mol. The summed E-state index contributed by atoms with van der Waals surface area (Å²) in [5.74, 6) is -0.109. The Balaban J connectivity index is 5.84. The van der Waals surface area contributed by atoms with Crippen LogP contribution in [0.1, 0.15) is 94.9 Å². The molecular formula is C22H46O4Si2. The SMILES string of the molecule is CCCC(=O)O[Si](CC[Si](OC(=O)CCC)(C(C)C)C(C)C)(C(C)C)C(C)C. The maximum atomic E-state index is 12.5. The zero-order valence-corrected chi connectivity index (χ0v) is 22.2. The van der Waals surface area contributed by atoms with Gasteiger partial charge in [0.15, 0.2) is 0 Å². The highest BCUT2D eigenvalue weighted by Crippen LogP contribution is 2.45. The molecule has 0 aliphatic rings. The quantitative estimate of drug-likeness (QED) is 0.290. The Morgan fingerprint density at radius 1 is 0.607 bits per heavy atom. The third-order valence-electron chi connectivity index (χ3n) is 6.33. The largest absolute Gasteiger partial charge is 0.519 e. The molecule has 0 fully saturated rings. The second kappa shape index (κ2) is 12.2. The van der Waals surface area contributed by atoms with Crippen LogP contribution in [-0.2, 0) is 18.4 Å². The maximum absolute atomic E-state index is 12.5. The summed E-state index contributed by atoms with van der Waals surface area (Å²) in [5.41, 5.74) is 1.35. The van der Waals surface area contributed by atoms with E-state index in [0.717, 1.165) is 24.9 Å². The van der Waals surface area contributed by atoms with Crippen LogP contribution in [0.3, 0.4) is 0 Å². The molecule has 0 N–H and O–H groups in total. The fraction of sp³-hybridized carbons (Fsp3) is 0.909. The summed E-state index contributed by atoms with van der Waals surface area (Å²) in [6.45, 7) is 21.6. The predicted octanol–water partition coefficient (Wildman–Crippen LogP) is 7.20. The van der Waals surface area contributed by atoms with Crippen LogP contribution in [0.4, 0.5) is 0 Å². The van der Waals surface area contributed by atoms with Crippen molar-refractivity contribution in [2.75, 3.05) is 0 Å². The first-order chi connectivity index (χ1) is 12.9. The Kier molecular flexibility index (Phi) is 11.9. The Morgan fingerprint density at radius 3 is 1.04 bits per heavy atom. The number of carbonyl (C=O) groups is 2. The van der Waals surface area contributed by atoms with Crippen LogP contribution < -0.4 is 0 Å². The molecule has 166 valence electrons. The topological polar surface area (TPSA) is 52.6 Å². The summed E-state index contributed by atoms with van der Waals surface area (Å²) in [6.07, 6.45) is 2.59. The molecule has 0 heterocycles. The van der Waals surface area contributed by atoms with E-state index < -0.39 is 16.6 Å². The van der Waals surface area contributed by atoms with Crippen molar-refractivity contribution in [1.82, 2.24) is 0 Å². The molecule has 0 atom stereocenters. The van der Waals surface area contributed by atoms with Crippen molar-refractivity contribution in [3.05, 3.63) is 0 Å². The van der Waals surface area contributed by atoms with E-state index >= 15 is 0 Å². The average molecular weight is 431 g/mol. The molecule has 0 aromatic heterocycles. The van der Waals surface area contributed by atoms with Crippen molar-refractivity contribution >= 4 is 28.6 Å². The Labute approximate surface area is 176 Å². The van der Waals surface area contributed by atoms with Gasteiger partial charge in [-0.05, 0) is 47.1 Å². The first-order valence-corrected chi connectivity index (χ1v) is 15.9. The van der Waals surface area contributed by atoms with Crippen LogP contribution in [-0.4, -0.2) is 28.6 Å². The molecule has 0 bridgehead atoms. The molecule has 0 saturated heterocycles. The van der Waals surface area contributed by atoms with Crippen molar-refractivity contribution in [2.24, 2.45) is 0 Å². The van der Waals surface area contributed by atoms with Gasteiger partial charge in [0.1, 0.15) is 0 Å². The lowest BCUT2D eigenvalue weighted by Crippen LogP contribution is -2.52. The first-order valence-electron chi connectivity index (χ1n) is 11.3. The zero-order chi connectivity index (χ0) is 22.1. The van der Waals surface area contributed by atoms with Crippen molar-refractivity contribution in [3.8, 4) is 0 Å². The summed E-state index contributed by atoms with van der Waals surface area (Å²) < 4.78 is 12.6. The minimum Gasteiger partial charge on any atom is -0.519 e. The van der Waals surface area contributed by atoms with Gasteiger partial charge in [0.25, 0.3) is 28.6 Å². The number of carbonyl (C=O) groups excluding carboxylic acids is 2. The fourth-order valence-electron chi connectivity index (χ4n) is 4.39. The van der Waals surface area contributed by atoms with Gasteiger partial charge in [-0.2, -0.15) is 0 Å². The van der Waals surface area contributed by atoms with Crippen LogP contribution in [0.15, 0.2) is 0 Å². The van der Waals surface area contributed by atoms with Crippen molar-refractivity contribution < 1.29 is 18.4 Å². The normalized spacial score (nSPS) is 12.9. The molecule has 0 aromatic rings. The lowest BCUT2D eigenvalue weighted by molar-refractivity contribution is -0.136. The van der Waals surface area contributed by atoms with Crippen LogP contribution >= 0.6 is 0 Å². The van der Waals surface area contributed by atoms with E-state index in [-0.39, 0.29) is 11.9 Å². The minimum absolute atomic E-state index is 0.0547. The van der Waals surface area contributed by atoms with Gasteiger partial charge in [-0.15, -0.1) is 0 Å². The second-order valence-electron chi connectivity index (χ2n) is 9.48. The van der Waals surface area contributed by atoms with Crippen LogP contribution in [0, 0.1) is 0 Å². The van der Waals surface area contributed by atoms with Gasteiger partial charge in [0.2, 0.25) is 0 Å². The highest BCUT2D eigenvalue weighted by atomic mass is 28.4. The monoisotopic (exact) mass is 430 g/mol. The molecular weight excluding hydrogens is 384 g/mol. The van der Waals surface area contributed by atoms with Crippen LogP contribution in [0.25, 0.3) is 0 Å². The molecule has 28 heavy (non-hydrogen) atoms. The molecule has 0 spiro atoms. The van der Waals surface area contributed by atoms with Crippen LogP contribution in [0.2, 0.25) is 34.3 Å². The highest BCUT2D eigenvalue weighted by Gasteiger charge is 2.51. The van der Waals surface area contributed by atoms with Crippen molar-refractivity contribution in [3.63, 3.8) is 0 Å². The fourth-order valence-corrected chi connectivity index (χ4v) is 14.7. The van der Waals surface area contributed by atoms with E-state index in [9.17, 15) is 9.59 Å². The number of hydrogen-bond donors (Lipinski definition) is 0.